The molecule has 0 aliphatic rings. The molecule has 2 aromatic rings. The number of aromatic carboxylic acids is 1. The lowest BCUT2D eigenvalue weighted by Crippen LogP contribution is -2.17. The molecule has 0 spiro atoms. The Morgan fingerprint density at radius 3 is 2.83 bits per heavy atom. The van der Waals surface area contributed by atoms with Gasteiger partial charge in [-0.25, -0.2) is 9.78 Å². The topological polar surface area (TPSA) is 87.5 Å². The number of hydrogen-bond acceptors (Lipinski definition) is 4. The number of H-pyrrole nitrogens is 1. The third-order valence-corrected chi connectivity index (χ3v) is 3.67. The Morgan fingerprint density at radius 1 is 1.61 bits per heavy atom. The fourth-order valence-electron chi connectivity index (χ4n) is 1.58. The Hall–Kier alpha value is -1.47. The smallest absolute Gasteiger partial charge is 0.342 e. The van der Waals surface area contributed by atoms with Crippen molar-refractivity contribution in [3.05, 3.63) is 26.6 Å². The van der Waals surface area contributed by atoms with Crippen molar-refractivity contribution < 1.29 is 9.90 Å². The number of halogens is 1. The van der Waals surface area contributed by atoms with Crippen LogP contribution >= 0.6 is 23.4 Å². The van der Waals surface area contributed by atoms with Crippen molar-refractivity contribution in [2.45, 2.75) is 18.9 Å². The molecule has 0 bridgehead atoms. The molecule has 18 heavy (non-hydrogen) atoms. The van der Waals surface area contributed by atoms with Gasteiger partial charge in [0.05, 0.1) is 5.69 Å². The fraction of sp³-hybridized carbons (Fsp3) is 0.300. The van der Waals surface area contributed by atoms with E-state index in [1.807, 2.05) is 6.92 Å². The molecule has 0 fully saturated rings. The number of aromatic nitrogens is 3. The van der Waals surface area contributed by atoms with Gasteiger partial charge < -0.3 is 5.11 Å². The fourth-order valence-corrected chi connectivity index (χ4v) is 2.47. The normalized spacial score (nSPS) is 11.1. The standard InChI is InChI=1S/C10H10ClN3O3S/c1-3-18-8-5(10(16)17)7-12-4(2)6(11)9(15)14(7)13-8/h13H,3H2,1-2H3,(H,16,17). The van der Waals surface area contributed by atoms with Crippen LogP contribution in [0.4, 0.5) is 0 Å². The lowest BCUT2D eigenvalue weighted by atomic mass is 10.3. The first-order valence-electron chi connectivity index (χ1n) is 5.14. The van der Waals surface area contributed by atoms with Crippen LogP contribution in [0.25, 0.3) is 5.65 Å². The first-order chi connectivity index (χ1) is 8.47. The van der Waals surface area contributed by atoms with Gasteiger partial charge >= 0.3 is 5.97 Å². The molecule has 0 amide bonds. The van der Waals surface area contributed by atoms with Crippen molar-refractivity contribution in [1.29, 1.82) is 0 Å². The van der Waals surface area contributed by atoms with Crippen molar-refractivity contribution in [1.82, 2.24) is 14.6 Å². The van der Waals surface area contributed by atoms with Gasteiger partial charge in [-0.1, -0.05) is 18.5 Å². The minimum atomic E-state index is -1.13. The van der Waals surface area contributed by atoms with Crippen LogP contribution in [0, 0.1) is 6.92 Å². The number of thioether (sulfide) groups is 1. The van der Waals surface area contributed by atoms with Gasteiger partial charge in [0.1, 0.15) is 15.6 Å². The molecule has 0 atom stereocenters. The quantitative estimate of drug-likeness (QED) is 0.841. The zero-order chi connectivity index (χ0) is 13.4. The number of carboxylic acid groups (broad SMARTS) is 1. The van der Waals surface area contributed by atoms with Crippen LogP contribution in [-0.2, 0) is 0 Å². The largest absolute Gasteiger partial charge is 0.477 e. The molecule has 0 unspecified atom stereocenters. The third-order valence-electron chi connectivity index (χ3n) is 2.36. The number of nitrogens with zero attached hydrogens (tertiary/aromatic N) is 2. The second kappa shape index (κ2) is 4.66. The Morgan fingerprint density at radius 2 is 2.28 bits per heavy atom. The number of carboxylic acids is 1. The van der Waals surface area contributed by atoms with E-state index < -0.39 is 11.5 Å². The average Bonchev–Trinajstić information content (AvgIpc) is 2.65. The van der Waals surface area contributed by atoms with Crippen LogP contribution in [0.5, 0.6) is 0 Å². The summed E-state index contributed by atoms with van der Waals surface area (Å²) in [6, 6.07) is 0. The van der Waals surface area contributed by atoms with Gasteiger partial charge in [-0.2, -0.15) is 4.52 Å². The maximum atomic E-state index is 11.9. The zero-order valence-corrected chi connectivity index (χ0v) is 11.2. The minimum absolute atomic E-state index is 0.00119. The molecular weight excluding hydrogens is 278 g/mol. The van der Waals surface area contributed by atoms with E-state index in [0.717, 1.165) is 4.52 Å². The molecule has 0 saturated heterocycles. The molecule has 0 aliphatic carbocycles. The summed E-state index contributed by atoms with van der Waals surface area (Å²) in [5.41, 5.74) is -0.0927. The number of aryl methyl sites for hydroxylation is 1. The monoisotopic (exact) mass is 287 g/mol. The number of nitrogens with one attached hydrogen (secondary N) is 1. The zero-order valence-electron chi connectivity index (χ0n) is 9.65. The maximum absolute atomic E-state index is 11.9. The highest BCUT2D eigenvalue weighted by Gasteiger charge is 2.22. The Labute approximate surface area is 111 Å². The van der Waals surface area contributed by atoms with Crippen molar-refractivity contribution >= 4 is 35.0 Å². The van der Waals surface area contributed by atoms with Crippen molar-refractivity contribution in [3.8, 4) is 0 Å². The highest BCUT2D eigenvalue weighted by molar-refractivity contribution is 7.99. The van der Waals surface area contributed by atoms with Crippen LogP contribution in [0.1, 0.15) is 23.0 Å². The summed E-state index contributed by atoms with van der Waals surface area (Å²) in [6.07, 6.45) is 0. The van der Waals surface area contributed by atoms with E-state index in [2.05, 4.69) is 10.1 Å². The van der Waals surface area contributed by atoms with Gasteiger partial charge in [0.2, 0.25) is 0 Å². The summed E-state index contributed by atoms with van der Waals surface area (Å²) in [7, 11) is 0. The van der Waals surface area contributed by atoms with E-state index in [-0.39, 0.29) is 16.2 Å². The van der Waals surface area contributed by atoms with Crippen molar-refractivity contribution in [3.63, 3.8) is 0 Å². The van der Waals surface area contributed by atoms with Crippen LogP contribution in [0.15, 0.2) is 9.82 Å². The van der Waals surface area contributed by atoms with Crippen LogP contribution < -0.4 is 5.56 Å². The van der Waals surface area contributed by atoms with Crippen LogP contribution in [-0.4, -0.2) is 31.4 Å². The molecule has 8 heteroatoms. The maximum Gasteiger partial charge on any atom is 0.342 e. The Balaban J connectivity index is 2.90. The molecule has 96 valence electrons. The summed E-state index contributed by atoms with van der Waals surface area (Å²) in [4.78, 5) is 27.2. The van der Waals surface area contributed by atoms with Crippen LogP contribution in [0.2, 0.25) is 5.02 Å². The van der Waals surface area contributed by atoms with Gasteiger partial charge in [0, 0.05) is 0 Å². The molecule has 6 nitrogen and oxygen atoms in total. The number of hydrogen-bond donors (Lipinski definition) is 2. The lowest BCUT2D eigenvalue weighted by Gasteiger charge is -1.98. The van der Waals surface area contributed by atoms with Gasteiger partial charge in [0.15, 0.2) is 5.65 Å². The van der Waals surface area contributed by atoms with Gasteiger partial charge in [-0.15, -0.1) is 11.8 Å². The summed E-state index contributed by atoms with van der Waals surface area (Å²) in [6.45, 7) is 3.45. The molecule has 0 radical (unpaired) electrons. The molecule has 2 aromatic heterocycles. The summed E-state index contributed by atoms with van der Waals surface area (Å²) in [5, 5.41) is 12.3. The second-order valence-corrected chi connectivity index (χ2v) is 5.18. The van der Waals surface area contributed by atoms with Crippen molar-refractivity contribution in [2.75, 3.05) is 5.75 Å². The summed E-state index contributed by atoms with van der Waals surface area (Å²) < 4.78 is 1.07. The molecule has 0 aliphatic heterocycles. The highest BCUT2D eigenvalue weighted by Crippen LogP contribution is 2.24. The third kappa shape index (κ3) is 1.89. The Kier molecular flexibility index (Phi) is 3.36. The number of aromatic amines is 1. The average molecular weight is 288 g/mol. The van der Waals surface area contributed by atoms with E-state index in [1.165, 1.54) is 11.8 Å². The van der Waals surface area contributed by atoms with Crippen molar-refractivity contribution in [2.24, 2.45) is 0 Å². The van der Waals surface area contributed by atoms with E-state index >= 15 is 0 Å². The number of rotatable bonds is 3. The molecule has 0 aromatic carbocycles. The SMILES string of the molecule is CCSc1[nH]n2c(=O)c(Cl)c(C)nc2c1C(=O)O. The van der Waals surface area contributed by atoms with E-state index in [9.17, 15) is 14.7 Å². The second-order valence-electron chi connectivity index (χ2n) is 3.53. The summed E-state index contributed by atoms with van der Waals surface area (Å²) in [5.74, 6) is -0.451. The van der Waals surface area contributed by atoms with Gasteiger partial charge in [-0.3, -0.25) is 9.89 Å². The summed E-state index contributed by atoms with van der Waals surface area (Å²) >= 11 is 7.10. The Bertz CT molecular complexity index is 692. The van der Waals surface area contributed by atoms with Gasteiger partial charge in [0.25, 0.3) is 5.56 Å². The predicted molar refractivity (Wildman–Crippen MR) is 68.9 cm³/mol. The first kappa shape index (κ1) is 13.0. The molecule has 2 rings (SSSR count). The lowest BCUT2D eigenvalue weighted by molar-refractivity contribution is 0.0695. The van der Waals surface area contributed by atoms with Crippen LogP contribution in [0.3, 0.4) is 0 Å². The first-order valence-corrected chi connectivity index (χ1v) is 6.50. The van der Waals surface area contributed by atoms with E-state index in [4.69, 9.17) is 11.6 Å². The molecule has 2 N–H and O–H groups in total. The minimum Gasteiger partial charge on any atom is -0.477 e. The van der Waals surface area contributed by atoms with E-state index in [1.54, 1.807) is 6.92 Å². The molecule has 2 heterocycles. The predicted octanol–water partition coefficient (Wildman–Crippen LogP) is 1.79. The molecular formula is C10H10ClN3O3S. The molecule has 0 saturated carbocycles. The number of fused-ring (bicyclic) bond motifs is 1. The van der Waals surface area contributed by atoms with E-state index in [0.29, 0.717) is 16.5 Å². The highest BCUT2D eigenvalue weighted by atomic mass is 35.5. The number of carbonyl (C=O) groups is 1. The van der Waals surface area contributed by atoms with Gasteiger partial charge in [-0.05, 0) is 12.7 Å².